The molecule has 2 aliphatic heterocycles. The Balaban J connectivity index is 1.15. The number of fused-ring (bicyclic) bond motifs is 1. The monoisotopic (exact) mass is 417 g/mol. The van der Waals surface area contributed by atoms with E-state index in [2.05, 4.69) is 26.0 Å². The van der Waals surface area contributed by atoms with Gasteiger partial charge in [0.25, 0.3) is 5.91 Å². The lowest BCUT2D eigenvalue weighted by molar-refractivity contribution is -0.120. The highest BCUT2D eigenvalue weighted by Crippen LogP contribution is 2.27. The minimum Gasteiger partial charge on any atom is -0.336 e. The number of para-hydroxylation sites is 1. The van der Waals surface area contributed by atoms with E-state index in [1.807, 2.05) is 28.0 Å². The molecule has 9 heteroatoms. The summed E-state index contributed by atoms with van der Waals surface area (Å²) in [7, 11) is 0. The smallest absolute Gasteiger partial charge is 0.255 e. The van der Waals surface area contributed by atoms with E-state index < -0.39 is 0 Å². The lowest BCUT2D eigenvalue weighted by Gasteiger charge is -2.35. The Bertz CT molecular complexity index is 1070. The Labute approximate surface area is 179 Å². The van der Waals surface area contributed by atoms with Crippen LogP contribution in [0.1, 0.15) is 15.9 Å². The molecule has 2 amide bonds. The highest BCUT2D eigenvalue weighted by molar-refractivity contribution is 5.97. The van der Waals surface area contributed by atoms with Gasteiger partial charge in [0.05, 0.1) is 12.1 Å². The standard InChI is InChI=1S/C22H23N7O2/c30-21(28-8-7-17-3-1-2-4-19(17)28)14-26-9-11-27(12-10-26)22(31)18-5-6-20(24-13-18)29-16-23-15-25-29/h1-6,13,15-16H,7-12,14H2. The molecule has 5 rings (SSSR count). The second-order valence-electron chi connectivity index (χ2n) is 7.74. The van der Waals surface area contributed by atoms with Crippen LogP contribution in [-0.2, 0) is 11.2 Å². The second-order valence-corrected chi connectivity index (χ2v) is 7.74. The van der Waals surface area contributed by atoms with E-state index in [1.165, 1.54) is 11.9 Å². The summed E-state index contributed by atoms with van der Waals surface area (Å²) < 4.78 is 1.54. The van der Waals surface area contributed by atoms with Crippen molar-refractivity contribution in [1.82, 2.24) is 29.5 Å². The normalized spacial score (nSPS) is 16.4. The summed E-state index contributed by atoms with van der Waals surface area (Å²) in [5.74, 6) is 0.690. The minimum absolute atomic E-state index is 0.0444. The molecule has 2 aromatic heterocycles. The third-order valence-corrected chi connectivity index (χ3v) is 5.85. The van der Waals surface area contributed by atoms with Crippen molar-refractivity contribution >= 4 is 17.5 Å². The molecule has 0 aliphatic carbocycles. The predicted octanol–water partition coefficient (Wildman–Crippen LogP) is 1.01. The maximum atomic E-state index is 12.8. The quantitative estimate of drug-likeness (QED) is 0.630. The Hall–Kier alpha value is -3.59. The largest absolute Gasteiger partial charge is 0.336 e. The van der Waals surface area contributed by atoms with E-state index in [4.69, 9.17) is 0 Å². The van der Waals surface area contributed by atoms with Crippen LogP contribution in [0.5, 0.6) is 0 Å². The van der Waals surface area contributed by atoms with Gasteiger partial charge in [0.2, 0.25) is 5.91 Å². The summed E-state index contributed by atoms with van der Waals surface area (Å²) in [5.41, 5.74) is 2.81. The molecule has 2 aliphatic rings. The number of nitrogens with zero attached hydrogens (tertiary/aromatic N) is 7. The molecular formula is C22H23N7O2. The van der Waals surface area contributed by atoms with Gasteiger partial charge in [-0.3, -0.25) is 14.5 Å². The third kappa shape index (κ3) is 3.91. The fourth-order valence-electron chi connectivity index (χ4n) is 4.14. The molecule has 4 heterocycles. The molecule has 3 aromatic rings. The summed E-state index contributed by atoms with van der Waals surface area (Å²) in [4.78, 5) is 39.7. The Kier molecular flexibility index (Phi) is 5.17. The number of piperazine rings is 1. The first-order valence-electron chi connectivity index (χ1n) is 10.4. The first-order chi connectivity index (χ1) is 15.2. The number of pyridine rings is 1. The molecule has 0 unspecified atom stereocenters. The average Bonchev–Trinajstić information content (AvgIpc) is 3.50. The number of hydrogen-bond acceptors (Lipinski definition) is 6. The lowest BCUT2D eigenvalue weighted by atomic mass is 10.2. The van der Waals surface area contributed by atoms with E-state index in [9.17, 15) is 9.59 Å². The number of aromatic nitrogens is 4. The van der Waals surface area contributed by atoms with Crippen molar-refractivity contribution < 1.29 is 9.59 Å². The van der Waals surface area contributed by atoms with E-state index >= 15 is 0 Å². The van der Waals surface area contributed by atoms with Gasteiger partial charge in [-0.25, -0.2) is 14.6 Å². The van der Waals surface area contributed by atoms with Gasteiger partial charge in [-0.05, 0) is 30.2 Å². The van der Waals surface area contributed by atoms with Crippen LogP contribution >= 0.6 is 0 Å². The maximum absolute atomic E-state index is 12.8. The maximum Gasteiger partial charge on any atom is 0.255 e. The van der Waals surface area contributed by atoms with Gasteiger partial charge in [0.1, 0.15) is 12.7 Å². The molecule has 1 aromatic carbocycles. The number of carbonyl (C=O) groups is 2. The Morgan fingerprint density at radius 3 is 2.55 bits per heavy atom. The van der Waals surface area contributed by atoms with E-state index in [0.717, 1.165) is 18.7 Å². The minimum atomic E-state index is -0.0444. The fourth-order valence-corrected chi connectivity index (χ4v) is 4.14. The molecular weight excluding hydrogens is 394 g/mol. The highest BCUT2D eigenvalue weighted by atomic mass is 16.2. The number of carbonyl (C=O) groups excluding carboxylic acids is 2. The van der Waals surface area contributed by atoms with Crippen LogP contribution in [0.25, 0.3) is 5.82 Å². The van der Waals surface area contributed by atoms with E-state index in [1.54, 1.807) is 29.3 Å². The third-order valence-electron chi connectivity index (χ3n) is 5.85. The van der Waals surface area contributed by atoms with Crippen LogP contribution in [0.4, 0.5) is 5.69 Å². The molecule has 1 saturated heterocycles. The molecule has 0 radical (unpaired) electrons. The number of hydrogen-bond donors (Lipinski definition) is 0. The topological polar surface area (TPSA) is 87.5 Å². The summed E-state index contributed by atoms with van der Waals surface area (Å²) in [6.07, 6.45) is 5.48. The zero-order valence-electron chi connectivity index (χ0n) is 17.1. The summed E-state index contributed by atoms with van der Waals surface area (Å²) in [6.45, 7) is 3.66. The molecule has 9 nitrogen and oxygen atoms in total. The van der Waals surface area contributed by atoms with E-state index in [-0.39, 0.29) is 11.8 Å². The molecule has 158 valence electrons. The van der Waals surface area contributed by atoms with Crippen LogP contribution in [-0.4, -0.2) is 80.6 Å². The zero-order chi connectivity index (χ0) is 21.2. The summed E-state index contributed by atoms with van der Waals surface area (Å²) >= 11 is 0. The van der Waals surface area contributed by atoms with Crippen molar-refractivity contribution in [2.24, 2.45) is 0 Å². The molecule has 0 N–H and O–H groups in total. The molecule has 0 atom stereocenters. The number of amides is 2. The van der Waals surface area contributed by atoms with Crippen molar-refractivity contribution in [2.45, 2.75) is 6.42 Å². The molecule has 1 fully saturated rings. The molecule has 0 bridgehead atoms. The van der Waals surface area contributed by atoms with Crippen molar-refractivity contribution in [3.05, 3.63) is 66.4 Å². The van der Waals surface area contributed by atoms with Gasteiger partial charge in [-0.15, -0.1) is 0 Å². The fraction of sp³-hybridized carbons (Fsp3) is 0.318. The average molecular weight is 417 g/mol. The van der Waals surface area contributed by atoms with Gasteiger partial charge >= 0.3 is 0 Å². The SMILES string of the molecule is O=C(c1ccc(-n2cncn2)nc1)N1CCN(CC(=O)N2CCc3ccccc32)CC1. The van der Waals surface area contributed by atoms with Gasteiger partial charge in [-0.1, -0.05) is 18.2 Å². The van der Waals surface area contributed by atoms with Crippen LogP contribution < -0.4 is 4.90 Å². The first-order valence-corrected chi connectivity index (χ1v) is 10.4. The summed E-state index contributed by atoms with van der Waals surface area (Å²) in [5, 5.41) is 4.04. The van der Waals surface area contributed by atoms with Crippen molar-refractivity contribution in [2.75, 3.05) is 44.2 Å². The van der Waals surface area contributed by atoms with Crippen LogP contribution in [0.15, 0.2) is 55.2 Å². The highest BCUT2D eigenvalue weighted by Gasteiger charge is 2.28. The molecule has 31 heavy (non-hydrogen) atoms. The lowest BCUT2D eigenvalue weighted by Crippen LogP contribution is -2.51. The van der Waals surface area contributed by atoms with Gasteiger partial charge in [-0.2, -0.15) is 5.10 Å². The van der Waals surface area contributed by atoms with Crippen LogP contribution in [0.3, 0.4) is 0 Å². The van der Waals surface area contributed by atoms with Crippen LogP contribution in [0.2, 0.25) is 0 Å². The molecule has 0 saturated carbocycles. The van der Waals surface area contributed by atoms with Crippen LogP contribution in [0, 0.1) is 0 Å². The number of rotatable bonds is 4. The van der Waals surface area contributed by atoms with Gasteiger partial charge < -0.3 is 9.80 Å². The zero-order valence-corrected chi connectivity index (χ0v) is 17.1. The Morgan fingerprint density at radius 1 is 0.968 bits per heavy atom. The van der Waals surface area contributed by atoms with Crippen molar-refractivity contribution in [3.8, 4) is 5.82 Å². The van der Waals surface area contributed by atoms with Crippen molar-refractivity contribution in [1.29, 1.82) is 0 Å². The Morgan fingerprint density at radius 2 is 1.81 bits per heavy atom. The second kappa shape index (κ2) is 8.27. The van der Waals surface area contributed by atoms with Gasteiger partial charge in [0, 0.05) is 44.6 Å². The first kappa shape index (κ1) is 19.4. The number of anilines is 1. The van der Waals surface area contributed by atoms with E-state index in [0.29, 0.717) is 44.1 Å². The molecule has 0 spiro atoms. The van der Waals surface area contributed by atoms with Gasteiger partial charge in [0.15, 0.2) is 5.82 Å². The van der Waals surface area contributed by atoms with Crippen molar-refractivity contribution in [3.63, 3.8) is 0 Å². The number of benzene rings is 1. The predicted molar refractivity (Wildman–Crippen MR) is 114 cm³/mol. The summed E-state index contributed by atoms with van der Waals surface area (Å²) in [6, 6.07) is 11.6.